The molecule has 1 aliphatic rings. The van der Waals surface area contributed by atoms with Crippen LogP contribution in [0.25, 0.3) is 0 Å². The lowest BCUT2D eigenvalue weighted by Gasteiger charge is -2.35. The number of ether oxygens (including phenoxy) is 2. The van der Waals surface area contributed by atoms with Crippen molar-refractivity contribution in [3.8, 4) is 5.75 Å². The quantitative estimate of drug-likeness (QED) is 0.800. The maximum Gasteiger partial charge on any atom is 0.410 e. The predicted octanol–water partition coefficient (Wildman–Crippen LogP) is 3.05. The molecule has 1 heterocycles. The summed E-state index contributed by atoms with van der Waals surface area (Å²) in [6.45, 7) is 10.9. The number of methoxy groups -OCH3 is 1. The molecule has 0 unspecified atom stereocenters. The van der Waals surface area contributed by atoms with Gasteiger partial charge in [0.2, 0.25) is 0 Å². The molecule has 1 N–H and O–H groups in total. The van der Waals surface area contributed by atoms with Gasteiger partial charge in [-0.2, -0.15) is 0 Å². The summed E-state index contributed by atoms with van der Waals surface area (Å²) < 4.78 is 10.7. The number of benzene rings is 1. The van der Waals surface area contributed by atoms with Crippen molar-refractivity contribution in [3.63, 3.8) is 0 Å². The number of anilines is 1. The Morgan fingerprint density at radius 3 is 2.56 bits per heavy atom. The number of nitrogens with zero attached hydrogens (tertiary/aromatic N) is 2. The van der Waals surface area contributed by atoms with E-state index in [1.165, 1.54) is 0 Å². The van der Waals surface area contributed by atoms with Crippen molar-refractivity contribution in [1.82, 2.24) is 9.80 Å². The van der Waals surface area contributed by atoms with Crippen LogP contribution in [0.3, 0.4) is 0 Å². The predicted molar refractivity (Wildman–Crippen MR) is 100 cm³/mol. The zero-order valence-corrected chi connectivity index (χ0v) is 15.9. The van der Waals surface area contributed by atoms with Crippen LogP contribution in [0.1, 0.15) is 27.2 Å². The summed E-state index contributed by atoms with van der Waals surface area (Å²) >= 11 is 0. The van der Waals surface area contributed by atoms with Crippen molar-refractivity contribution in [2.45, 2.75) is 32.8 Å². The van der Waals surface area contributed by atoms with E-state index in [2.05, 4.69) is 10.2 Å². The minimum Gasteiger partial charge on any atom is -0.497 e. The summed E-state index contributed by atoms with van der Waals surface area (Å²) in [6.07, 6.45) is 0.857. The number of hydrogen-bond acceptors (Lipinski definition) is 5. The molecule has 0 bridgehead atoms. The highest BCUT2D eigenvalue weighted by molar-refractivity contribution is 5.68. The Hall–Kier alpha value is -1.95. The van der Waals surface area contributed by atoms with E-state index in [9.17, 15) is 4.79 Å². The molecule has 1 saturated heterocycles. The van der Waals surface area contributed by atoms with Crippen LogP contribution in [0.2, 0.25) is 0 Å². The number of nitrogens with one attached hydrogen (secondary N) is 1. The standard InChI is InChI=1S/C19H31N3O3/c1-19(2,3)25-18(23)22-13-11-21(12-14-22)10-6-9-20-16-7-5-8-17(15-16)24-4/h5,7-8,15,20H,6,9-14H2,1-4H3. The van der Waals surface area contributed by atoms with Crippen molar-refractivity contribution in [1.29, 1.82) is 0 Å². The van der Waals surface area contributed by atoms with Crippen LogP contribution in [-0.2, 0) is 4.74 Å². The molecule has 140 valence electrons. The zero-order valence-electron chi connectivity index (χ0n) is 15.9. The van der Waals surface area contributed by atoms with Gasteiger partial charge in [-0.15, -0.1) is 0 Å². The van der Waals surface area contributed by atoms with Crippen molar-refractivity contribution >= 4 is 11.8 Å². The lowest BCUT2D eigenvalue weighted by atomic mass is 10.2. The Morgan fingerprint density at radius 2 is 1.92 bits per heavy atom. The molecule has 0 atom stereocenters. The molecule has 25 heavy (non-hydrogen) atoms. The Morgan fingerprint density at radius 1 is 1.20 bits per heavy atom. The first-order valence-corrected chi connectivity index (χ1v) is 8.95. The first-order chi connectivity index (χ1) is 11.9. The summed E-state index contributed by atoms with van der Waals surface area (Å²) in [5.74, 6) is 0.864. The van der Waals surface area contributed by atoms with E-state index in [0.717, 1.165) is 57.1 Å². The molecule has 1 aromatic rings. The number of carbonyl (C=O) groups is 1. The van der Waals surface area contributed by atoms with E-state index in [4.69, 9.17) is 9.47 Å². The number of piperazine rings is 1. The van der Waals surface area contributed by atoms with Gasteiger partial charge in [-0.1, -0.05) is 6.07 Å². The smallest absolute Gasteiger partial charge is 0.410 e. The zero-order chi connectivity index (χ0) is 18.3. The van der Waals surface area contributed by atoms with Gasteiger partial charge in [0.25, 0.3) is 0 Å². The van der Waals surface area contributed by atoms with Gasteiger partial charge in [0, 0.05) is 44.5 Å². The van der Waals surface area contributed by atoms with Gasteiger partial charge >= 0.3 is 6.09 Å². The van der Waals surface area contributed by atoms with Crippen LogP contribution >= 0.6 is 0 Å². The van der Waals surface area contributed by atoms with Crippen LogP contribution in [0, 0.1) is 0 Å². The van der Waals surface area contributed by atoms with Gasteiger partial charge in [-0.25, -0.2) is 4.79 Å². The molecule has 0 radical (unpaired) electrons. The molecule has 1 fully saturated rings. The SMILES string of the molecule is COc1cccc(NCCCN2CCN(C(=O)OC(C)(C)C)CC2)c1. The molecule has 1 aromatic carbocycles. The number of rotatable bonds is 6. The van der Waals surface area contributed by atoms with E-state index in [-0.39, 0.29) is 6.09 Å². The maximum absolute atomic E-state index is 12.1. The summed E-state index contributed by atoms with van der Waals surface area (Å²) in [5, 5.41) is 3.42. The fourth-order valence-electron chi connectivity index (χ4n) is 2.75. The number of carbonyl (C=O) groups excluding carboxylic acids is 1. The van der Waals surface area contributed by atoms with Gasteiger partial charge in [-0.05, 0) is 45.9 Å². The second-order valence-electron chi connectivity index (χ2n) is 7.32. The van der Waals surface area contributed by atoms with E-state index in [1.54, 1.807) is 12.0 Å². The monoisotopic (exact) mass is 349 g/mol. The van der Waals surface area contributed by atoms with Gasteiger partial charge in [-0.3, -0.25) is 4.90 Å². The summed E-state index contributed by atoms with van der Waals surface area (Å²) in [6, 6.07) is 7.97. The molecule has 2 rings (SSSR count). The third-order valence-electron chi connectivity index (χ3n) is 4.07. The first-order valence-electron chi connectivity index (χ1n) is 8.95. The molecule has 6 nitrogen and oxygen atoms in total. The second kappa shape index (κ2) is 8.94. The second-order valence-corrected chi connectivity index (χ2v) is 7.32. The van der Waals surface area contributed by atoms with Gasteiger partial charge in [0.1, 0.15) is 11.4 Å². The first kappa shape index (κ1) is 19.4. The van der Waals surface area contributed by atoms with Gasteiger partial charge in [0.15, 0.2) is 0 Å². The molecule has 1 amide bonds. The summed E-state index contributed by atoms with van der Waals surface area (Å²) in [7, 11) is 1.68. The maximum atomic E-state index is 12.1. The molecular formula is C19H31N3O3. The third kappa shape index (κ3) is 6.82. The Kier molecular flexibility index (Phi) is 6.93. The highest BCUT2D eigenvalue weighted by Gasteiger charge is 2.25. The summed E-state index contributed by atoms with van der Waals surface area (Å²) in [4.78, 5) is 16.3. The average Bonchev–Trinajstić information content (AvgIpc) is 2.58. The van der Waals surface area contributed by atoms with Crippen LogP contribution in [-0.4, -0.2) is 67.9 Å². The Bertz CT molecular complexity index is 549. The Balaban J connectivity index is 1.63. The van der Waals surface area contributed by atoms with E-state index in [1.807, 2.05) is 45.0 Å². The van der Waals surface area contributed by atoms with Crippen molar-refractivity contribution in [2.75, 3.05) is 51.7 Å². The fraction of sp³-hybridized carbons (Fsp3) is 0.632. The van der Waals surface area contributed by atoms with Crippen LogP contribution in [0.15, 0.2) is 24.3 Å². The molecule has 0 spiro atoms. The minimum atomic E-state index is -0.431. The molecule has 6 heteroatoms. The van der Waals surface area contributed by atoms with Crippen molar-refractivity contribution in [3.05, 3.63) is 24.3 Å². The van der Waals surface area contributed by atoms with Crippen molar-refractivity contribution in [2.24, 2.45) is 0 Å². The van der Waals surface area contributed by atoms with E-state index < -0.39 is 5.60 Å². The highest BCUT2D eigenvalue weighted by atomic mass is 16.6. The Labute approximate surface area is 151 Å². The molecular weight excluding hydrogens is 318 g/mol. The van der Waals surface area contributed by atoms with Crippen LogP contribution in [0.4, 0.5) is 10.5 Å². The molecule has 1 aliphatic heterocycles. The van der Waals surface area contributed by atoms with Gasteiger partial charge < -0.3 is 19.7 Å². The van der Waals surface area contributed by atoms with Crippen molar-refractivity contribution < 1.29 is 14.3 Å². The summed E-state index contributed by atoms with van der Waals surface area (Å²) in [5.41, 5.74) is 0.647. The average molecular weight is 349 g/mol. The largest absolute Gasteiger partial charge is 0.497 e. The topological polar surface area (TPSA) is 54.0 Å². The lowest BCUT2D eigenvalue weighted by Crippen LogP contribution is -2.50. The lowest BCUT2D eigenvalue weighted by molar-refractivity contribution is 0.0145. The van der Waals surface area contributed by atoms with E-state index in [0.29, 0.717) is 0 Å². The normalized spacial score (nSPS) is 15.8. The fourth-order valence-corrected chi connectivity index (χ4v) is 2.75. The van der Waals surface area contributed by atoms with Gasteiger partial charge in [0.05, 0.1) is 7.11 Å². The number of hydrogen-bond donors (Lipinski definition) is 1. The molecule has 0 aromatic heterocycles. The van der Waals surface area contributed by atoms with Crippen LogP contribution in [0.5, 0.6) is 5.75 Å². The third-order valence-corrected chi connectivity index (χ3v) is 4.07. The minimum absolute atomic E-state index is 0.202. The number of amides is 1. The highest BCUT2D eigenvalue weighted by Crippen LogP contribution is 2.16. The molecule has 0 saturated carbocycles. The molecule has 0 aliphatic carbocycles. The van der Waals surface area contributed by atoms with Crippen LogP contribution < -0.4 is 10.1 Å². The van der Waals surface area contributed by atoms with E-state index >= 15 is 0 Å².